The van der Waals surface area contributed by atoms with Gasteiger partial charge in [0.05, 0.1) is 5.92 Å². The van der Waals surface area contributed by atoms with Crippen LogP contribution in [-0.4, -0.2) is 5.78 Å². The number of hydrogen-bond donors (Lipinski definition) is 0. The Balaban J connectivity index is 1.84. The number of benzene rings is 3. The van der Waals surface area contributed by atoms with E-state index in [1.54, 1.807) is 6.92 Å². The van der Waals surface area contributed by atoms with Gasteiger partial charge in [-0.1, -0.05) is 99.0 Å². The Morgan fingerprint density at radius 2 is 1.29 bits per heavy atom. The minimum Gasteiger partial charge on any atom is -0.299 e. The zero-order valence-corrected chi connectivity index (χ0v) is 19.7. The van der Waals surface area contributed by atoms with Crippen LogP contribution in [0.4, 0.5) is 0 Å². The monoisotopic (exact) mass is 432 g/mol. The van der Waals surface area contributed by atoms with Gasteiger partial charge in [0.1, 0.15) is 5.78 Å². The third-order valence-electron chi connectivity index (χ3n) is 5.95. The lowest BCUT2D eigenvalue weighted by Gasteiger charge is -2.17. The number of halogens is 1. The average molecular weight is 433 g/mol. The fourth-order valence-corrected chi connectivity index (χ4v) is 4.39. The molecular formula is C29H33ClO. The van der Waals surface area contributed by atoms with Crippen molar-refractivity contribution in [3.05, 3.63) is 94.0 Å². The predicted molar refractivity (Wildman–Crippen MR) is 133 cm³/mol. The number of carbonyl (C=O) groups excluding carboxylic acids is 1. The molecule has 3 rings (SSSR count). The Labute approximate surface area is 192 Å². The van der Waals surface area contributed by atoms with Crippen molar-refractivity contribution in [2.75, 3.05) is 0 Å². The van der Waals surface area contributed by atoms with Crippen LogP contribution in [0.1, 0.15) is 74.6 Å². The van der Waals surface area contributed by atoms with Gasteiger partial charge < -0.3 is 0 Å². The van der Waals surface area contributed by atoms with Gasteiger partial charge in [0.2, 0.25) is 0 Å². The quantitative estimate of drug-likeness (QED) is 0.314. The number of hydrogen-bond acceptors (Lipinski definition) is 1. The van der Waals surface area contributed by atoms with E-state index in [-0.39, 0.29) is 11.7 Å². The second-order valence-electron chi connectivity index (χ2n) is 8.43. The molecule has 3 aromatic carbocycles. The first-order valence-corrected chi connectivity index (χ1v) is 11.9. The molecule has 0 N–H and O–H groups in total. The molecule has 0 aliphatic heterocycles. The van der Waals surface area contributed by atoms with E-state index >= 15 is 0 Å². The molecule has 0 spiro atoms. The molecular weight excluding hydrogens is 400 g/mol. The van der Waals surface area contributed by atoms with Crippen molar-refractivity contribution in [1.82, 2.24) is 0 Å². The first-order chi connectivity index (χ1) is 15.0. The smallest absolute Gasteiger partial charge is 0.141 e. The Morgan fingerprint density at radius 3 is 1.77 bits per heavy atom. The van der Waals surface area contributed by atoms with E-state index in [1.165, 1.54) is 36.8 Å². The number of unbranched alkanes of at least 4 members (excludes halogenated alkanes) is 2. The first-order valence-electron chi connectivity index (χ1n) is 11.5. The summed E-state index contributed by atoms with van der Waals surface area (Å²) < 4.78 is 0. The van der Waals surface area contributed by atoms with Gasteiger partial charge in [0.15, 0.2) is 0 Å². The summed E-state index contributed by atoms with van der Waals surface area (Å²) in [6.07, 6.45) is 6.98. The van der Waals surface area contributed by atoms with Crippen LogP contribution in [0.2, 0.25) is 5.02 Å². The molecule has 0 amide bonds. The zero-order valence-electron chi connectivity index (χ0n) is 19.0. The number of ketones is 1. The van der Waals surface area contributed by atoms with E-state index in [0.29, 0.717) is 5.02 Å². The lowest BCUT2D eigenvalue weighted by molar-refractivity contribution is -0.117. The molecule has 0 aliphatic rings. The SMILES string of the molecule is CCCCc1ccc(-c2ccc(C(C(C)=O)c3ccc(CCCC)cc3)cc2Cl)cc1. The number of Topliss-reactive ketones (excluding diaryl/α,β-unsaturated/α-hetero) is 1. The highest BCUT2D eigenvalue weighted by molar-refractivity contribution is 6.33. The maximum absolute atomic E-state index is 12.5. The van der Waals surface area contributed by atoms with Crippen LogP contribution < -0.4 is 0 Å². The summed E-state index contributed by atoms with van der Waals surface area (Å²) in [4.78, 5) is 12.5. The molecule has 1 nitrogen and oxygen atoms in total. The van der Waals surface area contributed by atoms with Gasteiger partial charge in [-0.15, -0.1) is 0 Å². The summed E-state index contributed by atoms with van der Waals surface area (Å²) in [5.74, 6) is -0.159. The molecule has 1 unspecified atom stereocenters. The van der Waals surface area contributed by atoms with Gasteiger partial charge >= 0.3 is 0 Å². The standard InChI is InChI=1S/C29H33ClO/c1-4-6-8-22-10-14-24(15-11-22)27-19-18-26(20-28(27)30)29(21(3)31)25-16-12-23(13-17-25)9-7-5-2/h10-20,29H,4-9H2,1-3H3. The van der Waals surface area contributed by atoms with E-state index < -0.39 is 0 Å². The molecule has 0 aromatic heterocycles. The van der Waals surface area contributed by atoms with Gasteiger partial charge in [-0.05, 0) is 66.5 Å². The molecule has 0 bridgehead atoms. The minimum absolute atomic E-state index is 0.130. The van der Waals surface area contributed by atoms with Crippen molar-refractivity contribution in [3.63, 3.8) is 0 Å². The maximum atomic E-state index is 12.5. The average Bonchev–Trinajstić information content (AvgIpc) is 2.78. The molecule has 162 valence electrons. The summed E-state index contributed by atoms with van der Waals surface area (Å²) in [6, 6.07) is 23.2. The molecule has 0 saturated heterocycles. The van der Waals surface area contributed by atoms with Gasteiger partial charge in [0, 0.05) is 10.6 Å². The number of aryl methyl sites for hydroxylation is 2. The Bertz CT molecular complexity index is 986. The Kier molecular flexibility index (Phi) is 8.49. The Morgan fingerprint density at radius 1 is 0.774 bits per heavy atom. The minimum atomic E-state index is -0.289. The first kappa shape index (κ1) is 23.3. The predicted octanol–water partition coefficient (Wildman–Crippen LogP) is 8.41. The van der Waals surface area contributed by atoms with Crippen molar-refractivity contribution >= 4 is 17.4 Å². The van der Waals surface area contributed by atoms with E-state index in [1.807, 2.05) is 18.2 Å². The lowest BCUT2D eigenvalue weighted by atomic mass is 9.86. The lowest BCUT2D eigenvalue weighted by Crippen LogP contribution is -2.10. The van der Waals surface area contributed by atoms with Gasteiger partial charge in [-0.2, -0.15) is 0 Å². The molecule has 2 heteroatoms. The van der Waals surface area contributed by atoms with Gasteiger partial charge in [0.25, 0.3) is 0 Å². The van der Waals surface area contributed by atoms with Gasteiger partial charge in [-0.3, -0.25) is 4.79 Å². The van der Waals surface area contributed by atoms with E-state index in [9.17, 15) is 4.79 Å². The summed E-state index contributed by atoms with van der Waals surface area (Å²) in [6.45, 7) is 6.08. The molecule has 31 heavy (non-hydrogen) atoms. The molecule has 3 aromatic rings. The van der Waals surface area contributed by atoms with Crippen molar-refractivity contribution in [3.8, 4) is 11.1 Å². The molecule has 0 saturated carbocycles. The van der Waals surface area contributed by atoms with Crippen molar-refractivity contribution in [2.24, 2.45) is 0 Å². The van der Waals surface area contributed by atoms with Crippen molar-refractivity contribution in [1.29, 1.82) is 0 Å². The van der Waals surface area contributed by atoms with Crippen LogP contribution in [0, 0.1) is 0 Å². The summed E-state index contributed by atoms with van der Waals surface area (Å²) >= 11 is 6.69. The summed E-state index contributed by atoms with van der Waals surface area (Å²) in [7, 11) is 0. The fraction of sp³-hybridized carbons (Fsp3) is 0.345. The molecule has 0 fully saturated rings. The van der Waals surface area contributed by atoms with Crippen LogP contribution in [0.15, 0.2) is 66.7 Å². The third-order valence-corrected chi connectivity index (χ3v) is 6.26. The molecule has 0 radical (unpaired) electrons. The van der Waals surface area contributed by atoms with Crippen LogP contribution >= 0.6 is 11.6 Å². The number of carbonyl (C=O) groups is 1. The number of rotatable bonds is 10. The summed E-state index contributed by atoms with van der Waals surface area (Å²) in [5, 5.41) is 0.685. The largest absolute Gasteiger partial charge is 0.299 e. The van der Waals surface area contributed by atoms with Crippen LogP contribution in [-0.2, 0) is 17.6 Å². The third kappa shape index (κ3) is 6.08. The highest BCUT2D eigenvalue weighted by atomic mass is 35.5. The van der Waals surface area contributed by atoms with E-state index in [2.05, 4.69) is 62.4 Å². The molecule has 0 aliphatic carbocycles. The summed E-state index contributed by atoms with van der Waals surface area (Å²) in [5.41, 5.74) is 6.76. The second-order valence-corrected chi connectivity index (χ2v) is 8.84. The van der Waals surface area contributed by atoms with Crippen LogP contribution in [0.3, 0.4) is 0 Å². The molecule has 1 atom stereocenters. The Hall–Kier alpha value is -2.38. The van der Waals surface area contributed by atoms with Crippen LogP contribution in [0.25, 0.3) is 11.1 Å². The van der Waals surface area contributed by atoms with Crippen molar-refractivity contribution < 1.29 is 4.79 Å². The van der Waals surface area contributed by atoms with E-state index in [4.69, 9.17) is 11.6 Å². The molecule has 0 heterocycles. The zero-order chi connectivity index (χ0) is 22.2. The second kappa shape index (κ2) is 11.3. The fourth-order valence-electron chi connectivity index (χ4n) is 4.10. The van der Waals surface area contributed by atoms with E-state index in [0.717, 1.165) is 35.1 Å². The van der Waals surface area contributed by atoms with Gasteiger partial charge in [-0.25, -0.2) is 0 Å². The normalized spacial score (nSPS) is 12.0. The van der Waals surface area contributed by atoms with Crippen LogP contribution in [0.5, 0.6) is 0 Å². The topological polar surface area (TPSA) is 17.1 Å². The highest BCUT2D eigenvalue weighted by Gasteiger charge is 2.20. The van der Waals surface area contributed by atoms with Crippen molar-refractivity contribution in [2.45, 2.75) is 65.2 Å². The maximum Gasteiger partial charge on any atom is 0.141 e. The highest BCUT2D eigenvalue weighted by Crippen LogP contribution is 2.34.